The largest absolute Gasteiger partial charge is 0.362 e. The Hall–Kier alpha value is -1.35. The standard InChI is InChI=1S/C13H14ClFN2/c1-8(2)12-11(14)7-16-13(17-12)9-3-5-10(15)6-4-9/h3-8,12H,1-2H3,(H,16,17). The van der Waals surface area contributed by atoms with E-state index in [2.05, 4.69) is 24.2 Å². The summed E-state index contributed by atoms with van der Waals surface area (Å²) in [5, 5.41) is 3.97. The van der Waals surface area contributed by atoms with Gasteiger partial charge in [-0.05, 0) is 30.2 Å². The minimum absolute atomic E-state index is 0.0641. The Labute approximate surface area is 105 Å². The van der Waals surface area contributed by atoms with E-state index in [1.807, 2.05) is 0 Å². The fourth-order valence-corrected chi connectivity index (χ4v) is 2.07. The van der Waals surface area contributed by atoms with Gasteiger partial charge < -0.3 is 5.32 Å². The quantitative estimate of drug-likeness (QED) is 0.858. The van der Waals surface area contributed by atoms with Crippen molar-refractivity contribution < 1.29 is 4.39 Å². The fraction of sp³-hybridized carbons (Fsp3) is 0.308. The third kappa shape index (κ3) is 2.67. The van der Waals surface area contributed by atoms with E-state index in [1.165, 1.54) is 12.1 Å². The number of hydrogen-bond acceptors (Lipinski definition) is 2. The highest BCUT2D eigenvalue weighted by atomic mass is 35.5. The van der Waals surface area contributed by atoms with Crippen molar-refractivity contribution in [2.45, 2.75) is 19.9 Å². The maximum absolute atomic E-state index is 12.8. The van der Waals surface area contributed by atoms with Gasteiger partial charge in [0, 0.05) is 11.8 Å². The van der Waals surface area contributed by atoms with Gasteiger partial charge in [-0.1, -0.05) is 25.4 Å². The van der Waals surface area contributed by atoms with E-state index in [0.717, 1.165) is 11.4 Å². The molecule has 1 atom stereocenters. The molecule has 1 aromatic carbocycles. The van der Waals surface area contributed by atoms with Crippen LogP contribution in [-0.4, -0.2) is 11.9 Å². The van der Waals surface area contributed by atoms with Crippen molar-refractivity contribution in [3.05, 3.63) is 46.9 Å². The molecule has 1 aliphatic heterocycles. The van der Waals surface area contributed by atoms with Gasteiger partial charge in [0.15, 0.2) is 0 Å². The second-order valence-corrected chi connectivity index (χ2v) is 4.80. The summed E-state index contributed by atoms with van der Waals surface area (Å²) >= 11 is 6.09. The smallest absolute Gasteiger partial charge is 0.133 e. The summed E-state index contributed by atoms with van der Waals surface area (Å²) in [5.41, 5.74) is 0.859. The van der Waals surface area contributed by atoms with Crippen LogP contribution in [0, 0.1) is 11.7 Å². The summed E-state index contributed by atoms with van der Waals surface area (Å²) < 4.78 is 12.8. The topological polar surface area (TPSA) is 24.4 Å². The summed E-state index contributed by atoms with van der Waals surface area (Å²) in [6.07, 6.45) is 1.65. The van der Waals surface area contributed by atoms with Crippen molar-refractivity contribution in [2.75, 3.05) is 0 Å². The lowest BCUT2D eigenvalue weighted by molar-refractivity contribution is 0.517. The molecule has 0 radical (unpaired) electrons. The summed E-state index contributed by atoms with van der Waals surface area (Å²) in [5.74, 6) is 0.844. The number of amidine groups is 1. The molecule has 1 N–H and O–H groups in total. The molecule has 2 rings (SSSR count). The van der Waals surface area contributed by atoms with Crippen LogP contribution in [0.3, 0.4) is 0 Å². The average Bonchev–Trinajstić information content (AvgIpc) is 2.30. The van der Waals surface area contributed by atoms with Crippen LogP contribution in [-0.2, 0) is 0 Å². The summed E-state index contributed by atoms with van der Waals surface area (Å²) in [6, 6.07) is 6.31. The third-order valence-corrected chi connectivity index (χ3v) is 3.02. The molecular weight excluding hydrogens is 239 g/mol. The predicted octanol–water partition coefficient (Wildman–Crippen LogP) is 3.28. The van der Waals surface area contributed by atoms with E-state index in [9.17, 15) is 4.39 Å². The normalized spacial score (nSPS) is 19.7. The Morgan fingerprint density at radius 2 is 1.94 bits per heavy atom. The zero-order valence-corrected chi connectivity index (χ0v) is 10.5. The lowest BCUT2D eigenvalue weighted by atomic mass is 10.0. The summed E-state index contributed by atoms with van der Waals surface area (Å²) in [7, 11) is 0. The van der Waals surface area contributed by atoms with Gasteiger partial charge in [0.05, 0.1) is 11.1 Å². The van der Waals surface area contributed by atoms with E-state index in [0.29, 0.717) is 11.0 Å². The van der Waals surface area contributed by atoms with E-state index < -0.39 is 0 Å². The monoisotopic (exact) mass is 252 g/mol. The van der Waals surface area contributed by atoms with E-state index in [1.54, 1.807) is 18.3 Å². The lowest BCUT2D eigenvalue weighted by Gasteiger charge is -2.26. The molecule has 0 aliphatic carbocycles. The summed E-state index contributed by atoms with van der Waals surface area (Å²) in [4.78, 5) is 4.23. The average molecular weight is 253 g/mol. The maximum atomic E-state index is 12.8. The molecule has 0 spiro atoms. The molecule has 1 unspecified atom stereocenters. The van der Waals surface area contributed by atoms with Crippen LogP contribution >= 0.6 is 11.6 Å². The van der Waals surface area contributed by atoms with Crippen LogP contribution in [0.4, 0.5) is 4.39 Å². The number of hydrogen-bond donors (Lipinski definition) is 1. The molecule has 1 aliphatic rings. The zero-order chi connectivity index (χ0) is 12.4. The van der Waals surface area contributed by atoms with Gasteiger partial charge >= 0.3 is 0 Å². The molecule has 0 amide bonds. The van der Waals surface area contributed by atoms with Crippen LogP contribution in [0.2, 0.25) is 0 Å². The van der Waals surface area contributed by atoms with Gasteiger partial charge in [-0.25, -0.2) is 9.38 Å². The van der Waals surface area contributed by atoms with E-state index in [4.69, 9.17) is 11.6 Å². The highest BCUT2D eigenvalue weighted by Crippen LogP contribution is 2.20. The number of rotatable bonds is 2. The number of nitrogens with one attached hydrogen (secondary N) is 1. The van der Waals surface area contributed by atoms with Crippen molar-refractivity contribution in [3.8, 4) is 0 Å². The number of halogens is 2. The molecule has 1 heterocycles. The first kappa shape index (κ1) is 12.1. The highest BCUT2D eigenvalue weighted by molar-refractivity contribution is 6.30. The Morgan fingerprint density at radius 3 is 2.53 bits per heavy atom. The first-order chi connectivity index (χ1) is 8.08. The Morgan fingerprint density at radius 1 is 1.29 bits per heavy atom. The van der Waals surface area contributed by atoms with Gasteiger partial charge in [0.25, 0.3) is 0 Å². The molecule has 0 fully saturated rings. The van der Waals surface area contributed by atoms with Gasteiger partial charge in [-0.2, -0.15) is 0 Å². The van der Waals surface area contributed by atoms with E-state index in [-0.39, 0.29) is 11.9 Å². The molecule has 0 saturated carbocycles. The second kappa shape index (κ2) is 4.88. The maximum Gasteiger partial charge on any atom is 0.133 e. The molecular formula is C13H14ClFN2. The molecule has 17 heavy (non-hydrogen) atoms. The van der Waals surface area contributed by atoms with Crippen LogP contribution in [0.25, 0.3) is 0 Å². The SMILES string of the molecule is CC(C)C1NC(c2ccc(F)cc2)=NC=C1Cl. The predicted molar refractivity (Wildman–Crippen MR) is 68.6 cm³/mol. The van der Waals surface area contributed by atoms with Crippen LogP contribution in [0.5, 0.6) is 0 Å². The minimum atomic E-state index is -0.251. The molecule has 0 bridgehead atoms. The van der Waals surface area contributed by atoms with Gasteiger partial charge in [-0.3, -0.25) is 0 Å². The molecule has 2 nitrogen and oxygen atoms in total. The molecule has 1 aromatic rings. The van der Waals surface area contributed by atoms with Gasteiger partial charge in [-0.15, -0.1) is 0 Å². The van der Waals surface area contributed by atoms with Gasteiger partial charge in [0.2, 0.25) is 0 Å². The van der Waals surface area contributed by atoms with Gasteiger partial charge in [0.1, 0.15) is 11.7 Å². The van der Waals surface area contributed by atoms with Crippen molar-refractivity contribution in [3.63, 3.8) is 0 Å². The Balaban J connectivity index is 2.26. The fourth-order valence-electron chi connectivity index (χ4n) is 1.71. The number of benzene rings is 1. The van der Waals surface area contributed by atoms with Crippen LogP contribution < -0.4 is 5.32 Å². The number of nitrogens with zero attached hydrogens (tertiary/aromatic N) is 1. The molecule has 4 heteroatoms. The van der Waals surface area contributed by atoms with Crippen LogP contribution in [0.1, 0.15) is 19.4 Å². The highest BCUT2D eigenvalue weighted by Gasteiger charge is 2.21. The summed E-state index contributed by atoms with van der Waals surface area (Å²) in [6.45, 7) is 4.17. The zero-order valence-electron chi connectivity index (χ0n) is 9.74. The van der Waals surface area contributed by atoms with E-state index >= 15 is 0 Å². The third-order valence-electron chi connectivity index (χ3n) is 2.69. The van der Waals surface area contributed by atoms with Crippen molar-refractivity contribution in [2.24, 2.45) is 10.9 Å². The van der Waals surface area contributed by atoms with Crippen molar-refractivity contribution >= 4 is 17.4 Å². The van der Waals surface area contributed by atoms with Crippen LogP contribution in [0.15, 0.2) is 40.5 Å². The lowest BCUT2D eigenvalue weighted by Crippen LogP contribution is -2.41. The minimum Gasteiger partial charge on any atom is -0.362 e. The molecule has 0 saturated heterocycles. The first-order valence-electron chi connectivity index (χ1n) is 5.54. The Kier molecular flexibility index (Phi) is 3.48. The molecule has 90 valence electrons. The Bertz CT molecular complexity index is 463. The van der Waals surface area contributed by atoms with Crippen molar-refractivity contribution in [1.82, 2.24) is 5.32 Å². The van der Waals surface area contributed by atoms with Crippen molar-refractivity contribution in [1.29, 1.82) is 0 Å². The second-order valence-electron chi connectivity index (χ2n) is 4.36. The molecule has 0 aromatic heterocycles. The first-order valence-corrected chi connectivity index (χ1v) is 5.91. The number of aliphatic imine (C=N–C) groups is 1.